The van der Waals surface area contributed by atoms with Gasteiger partial charge in [0.25, 0.3) is 0 Å². The quantitative estimate of drug-likeness (QED) is 0.103. The third kappa shape index (κ3) is 4.93. The van der Waals surface area contributed by atoms with Crippen molar-refractivity contribution < 1.29 is 20.1 Å². The minimum absolute atomic E-state index is 0. The van der Waals surface area contributed by atoms with E-state index < -0.39 is 0 Å². The van der Waals surface area contributed by atoms with Gasteiger partial charge in [-0.2, -0.15) is 37.0 Å². The minimum Gasteiger partial charge on any atom is -0.510 e. The molecule has 206 valence electrons. The molecule has 0 saturated heterocycles. The molecule has 0 unspecified atom stereocenters. The number of hydrogen-bond acceptors (Lipinski definition) is 4. The summed E-state index contributed by atoms with van der Waals surface area (Å²) >= 11 is 0. The Morgan fingerprint density at radius 3 is 2.33 bits per heavy atom. The fraction of sp³-hybridized carbons (Fsp3) is 0.0833. The first-order chi connectivity index (χ1) is 20.1. The third-order valence-electron chi connectivity index (χ3n) is 7.48. The van der Waals surface area contributed by atoms with Crippen LogP contribution in [0.1, 0.15) is 11.1 Å². The van der Waals surface area contributed by atoms with Gasteiger partial charge >= 0.3 is 20.1 Å². The van der Waals surface area contributed by atoms with E-state index >= 15 is 0 Å². The molecule has 1 aliphatic heterocycles. The average molecular weight is 723 g/mol. The van der Waals surface area contributed by atoms with Gasteiger partial charge in [0.2, 0.25) is 0 Å². The standard InChI is InChI=1S/C26H18N3.C10H10N2.Ir/c1-16-8-7-9-17(2)24(16)22-15-29-23-14-18-10-3-6-13-21(18)27-25(23)19-11-4-5-12-20(19)26(29)28-22;1-11-7-8-12(9-11)10-5-3-2-4-6-10;/h3-11,13-15H,1-2H3;2-5,7-9H,1H3;/q-1;-2;+3. The Labute approximate surface area is 259 Å². The van der Waals surface area contributed by atoms with Crippen LogP contribution in [0.5, 0.6) is 0 Å². The van der Waals surface area contributed by atoms with Gasteiger partial charge in [-0.15, -0.1) is 30.0 Å². The Kier molecular flexibility index (Phi) is 7.51. The molecule has 8 rings (SSSR count). The van der Waals surface area contributed by atoms with Crippen molar-refractivity contribution in [2.45, 2.75) is 13.8 Å². The smallest absolute Gasteiger partial charge is 0.510 e. The van der Waals surface area contributed by atoms with E-state index in [-0.39, 0.29) is 20.1 Å². The first-order valence-corrected chi connectivity index (χ1v) is 13.6. The van der Waals surface area contributed by atoms with Crippen LogP contribution in [0.2, 0.25) is 0 Å². The number of aryl methyl sites for hydroxylation is 2. The monoisotopic (exact) mass is 723 g/mol. The zero-order valence-electron chi connectivity index (χ0n) is 23.5. The molecule has 4 heterocycles. The molecule has 0 radical (unpaired) electrons. The molecule has 3 aromatic heterocycles. The van der Waals surface area contributed by atoms with Crippen molar-refractivity contribution in [3.05, 3.63) is 140 Å². The number of pyridine rings is 2. The molecule has 0 spiro atoms. The van der Waals surface area contributed by atoms with E-state index in [0.29, 0.717) is 0 Å². The van der Waals surface area contributed by atoms with Gasteiger partial charge in [-0.1, -0.05) is 47.2 Å². The Balaban J connectivity index is 0.000000205. The van der Waals surface area contributed by atoms with Crippen LogP contribution >= 0.6 is 0 Å². The number of benzene rings is 4. The molecule has 0 N–H and O–H groups in total. The summed E-state index contributed by atoms with van der Waals surface area (Å²) in [4.78, 5) is 14.1. The molecule has 5 nitrogen and oxygen atoms in total. The van der Waals surface area contributed by atoms with Crippen LogP contribution in [-0.4, -0.2) is 26.3 Å². The van der Waals surface area contributed by atoms with Gasteiger partial charge in [0.1, 0.15) is 0 Å². The molecule has 1 aliphatic rings. The zero-order chi connectivity index (χ0) is 27.9. The van der Waals surface area contributed by atoms with Crippen molar-refractivity contribution in [1.29, 1.82) is 0 Å². The van der Waals surface area contributed by atoms with E-state index in [2.05, 4.69) is 85.1 Å². The SMILES string of the molecule is CN1C=CN(c2[c-]cccc2)[CH-]1.Cc1cccc(C)c1-c1cn2c3cc4ccccc4nc3c3ccc[c-]c3c2n1.[Ir+3]. The topological polar surface area (TPSA) is 36.7 Å². The Morgan fingerprint density at radius 1 is 0.786 bits per heavy atom. The Hall–Kier alpha value is -4.51. The fourth-order valence-electron chi connectivity index (χ4n) is 5.52. The summed E-state index contributed by atoms with van der Waals surface area (Å²) in [7, 11) is 2.00. The van der Waals surface area contributed by atoms with Crippen LogP contribution in [0.15, 0.2) is 110 Å². The summed E-state index contributed by atoms with van der Waals surface area (Å²) in [6.45, 7) is 6.29. The molecule has 0 fully saturated rings. The van der Waals surface area contributed by atoms with Gasteiger partial charge < -0.3 is 14.2 Å². The Bertz CT molecular complexity index is 2060. The first-order valence-electron chi connectivity index (χ1n) is 13.6. The van der Waals surface area contributed by atoms with Gasteiger partial charge in [0.15, 0.2) is 0 Å². The second-order valence-electron chi connectivity index (χ2n) is 10.3. The molecule has 0 bridgehead atoms. The summed E-state index contributed by atoms with van der Waals surface area (Å²) < 4.78 is 2.18. The maximum atomic E-state index is 5.07. The van der Waals surface area contributed by atoms with Crippen molar-refractivity contribution in [3.8, 4) is 11.3 Å². The summed E-state index contributed by atoms with van der Waals surface area (Å²) in [6.07, 6.45) is 6.15. The van der Waals surface area contributed by atoms with Crippen molar-refractivity contribution in [3.63, 3.8) is 0 Å². The molecule has 6 heteroatoms. The number of anilines is 1. The molecule has 0 saturated carbocycles. The van der Waals surface area contributed by atoms with Gasteiger partial charge in [-0.25, -0.2) is 0 Å². The van der Waals surface area contributed by atoms with Crippen molar-refractivity contribution in [2.24, 2.45) is 0 Å². The number of hydrogen-bond donors (Lipinski definition) is 0. The van der Waals surface area contributed by atoms with E-state index in [9.17, 15) is 0 Å². The number of para-hydroxylation sites is 2. The molecule has 42 heavy (non-hydrogen) atoms. The number of nitrogens with zero attached hydrogens (tertiary/aromatic N) is 5. The van der Waals surface area contributed by atoms with E-state index in [1.165, 1.54) is 16.7 Å². The van der Waals surface area contributed by atoms with Gasteiger partial charge in [0.05, 0.1) is 27.9 Å². The average Bonchev–Trinajstić information content (AvgIpc) is 3.64. The van der Waals surface area contributed by atoms with E-state index in [1.54, 1.807) is 0 Å². The fourth-order valence-corrected chi connectivity index (χ4v) is 5.52. The maximum Gasteiger partial charge on any atom is 3.00 e. The van der Waals surface area contributed by atoms with Gasteiger partial charge in [-0.3, -0.25) is 9.97 Å². The normalized spacial score (nSPS) is 12.6. The predicted octanol–water partition coefficient (Wildman–Crippen LogP) is 8.10. The maximum absolute atomic E-state index is 5.07. The number of aromatic nitrogens is 3. The second kappa shape index (κ2) is 11.4. The van der Waals surface area contributed by atoms with Gasteiger partial charge in [0, 0.05) is 17.1 Å². The summed E-state index contributed by atoms with van der Waals surface area (Å²) in [5, 5.41) is 3.21. The molecule has 0 atom stereocenters. The van der Waals surface area contributed by atoms with Crippen LogP contribution in [-0.2, 0) is 20.1 Å². The predicted molar refractivity (Wildman–Crippen MR) is 168 cm³/mol. The number of rotatable bonds is 2. The van der Waals surface area contributed by atoms with Crippen LogP contribution in [0.25, 0.3) is 49.6 Å². The molecule has 0 amide bonds. The van der Waals surface area contributed by atoms with E-state index in [1.807, 2.05) is 78.4 Å². The van der Waals surface area contributed by atoms with Crippen molar-refractivity contribution in [1.82, 2.24) is 19.3 Å². The minimum atomic E-state index is 0. The van der Waals surface area contributed by atoms with Crippen LogP contribution in [0.4, 0.5) is 5.69 Å². The Morgan fingerprint density at radius 2 is 1.57 bits per heavy atom. The van der Waals surface area contributed by atoms with Crippen LogP contribution in [0, 0.1) is 32.6 Å². The second-order valence-corrected chi connectivity index (χ2v) is 10.3. The van der Waals surface area contributed by atoms with Crippen molar-refractivity contribution >= 4 is 44.0 Å². The largest absolute Gasteiger partial charge is 3.00 e. The van der Waals surface area contributed by atoms with Crippen molar-refractivity contribution in [2.75, 3.05) is 11.9 Å². The molecular formula is C36H28IrN5. The molecule has 0 aliphatic carbocycles. The third-order valence-corrected chi connectivity index (χ3v) is 7.48. The summed E-state index contributed by atoms with van der Waals surface area (Å²) in [5.74, 6) is 0. The zero-order valence-corrected chi connectivity index (χ0v) is 25.9. The van der Waals surface area contributed by atoms with E-state index in [4.69, 9.17) is 9.97 Å². The summed E-state index contributed by atoms with van der Waals surface area (Å²) in [6, 6.07) is 37.4. The number of fused-ring (bicyclic) bond motifs is 7. The molecular weight excluding hydrogens is 695 g/mol. The van der Waals surface area contributed by atoms with E-state index in [0.717, 1.165) is 49.7 Å². The molecule has 7 aromatic rings. The number of imidazole rings is 1. The molecule has 4 aromatic carbocycles. The van der Waals surface area contributed by atoms with Gasteiger partial charge in [-0.05, 0) is 56.6 Å². The van der Waals surface area contributed by atoms with Crippen LogP contribution in [0.3, 0.4) is 0 Å². The summed E-state index contributed by atoms with van der Waals surface area (Å²) in [5.41, 5.74) is 9.68. The first kappa shape index (κ1) is 27.6. The van der Waals surface area contributed by atoms with Crippen LogP contribution < -0.4 is 4.90 Å².